The normalized spacial score (nSPS) is 16.6. The molecular weight excluding hydrogens is 578 g/mol. The van der Waals surface area contributed by atoms with Crippen molar-refractivity contribution in [2.45, 2.75) is 0 Å². The summed E-state index contributed by atoms with van der Waals surface area (Å²) < 4.78 is 0. The van der Waals surface area contributed by atoms with E-state index in [2.05, 4.69) is 152 Å². The number of benzene rings is 5. The van der Waals surface area contributed by atoms with Crippen molar-refractivity contribution in [1.29, 1.82) is 0 Å². The Hall–Kier alpha value is -3.91. The van der Waals surface area contributed by atoms with E-state index in [-0.39, 0.29) is 23.0 Å². The van der Waals surface area contributed by atoms with E-state index in [1.54, 1.807) is 25.7 Å². The standard InChI is InChI=1S/C35H25.C6H6NO.Fe/c1-6-16-26(17-7-1)31-32(27-18-8-2-9-19-27)34(29-22-12-4-13-23-29)35(30-24-14-5-15-25-30)33(31)28-20-10-3-11-21-28;7-6(8)5-3-1-2-4-5;/h1-25H;1-4H,(H2,7,8);. The van der Waals surface area contributed by atoms with Crippen LogP contribution < -0.4 is 5.73 Å². The van der Waals surface area contributed by atoms with Crippen LogP contribution in [0.5, 0.6) is 0 Å². The molecule has 2 aliphatic rings. The SMILES string of the molecule is NC(=O)[C]1[CH][CH][CH][CH]1.[Fe].c1ccc([C]2[C](c3ccccc3)[C](c3ccccc3)[C](c3ccccc3)[C]2c2ccccc2)cc1. The number of carbonyl (C=O) groups excluding carboxylic acids is 1. The van der Waals surface area contributed by atoms with Crippen molar-refractivity contribution >= 4 is 5.91 Å². The van der Waals surface area contributed by atoms with Gasteiger partial charge in [0.25, 0.3) is 0 Å². The first-order valence-corrected chi connectivity index (χ1v) is 14.4. The third kappa shape index (κ3) is 6.91. The number of primary amides is 1. The predicted octanol–water partition coefficient (Wildman–Crippen LogP) is 7.99. The fourth-order valence-corrected chi connectivity index (χ4v) is 5.63. The van der Waals surface area contributed by atoms with Crippen LogP contribution >= 0.6 is 0 Å². The summed E-state index contributed by atoms with van der Waals surface area (Å²) in [7, 11) is 0. The molecule has 2 nitrogen and oxygen atoms in total. The van der Waals surface area contributed by atoms with Crippen LogP contribution in [0.4, 0.5) is 0 Å². The van der Waals surface area contributed by atoms with Gasteiger partial charge in [0, 0.05) is 46.7 Å². The number of amides is 1. The van der Waals surface area contributed by atoms with E-state index in [9.17, 15) is 4.79 Å². The zero-order chi connectivity index (χ0) is 29.4. The van der Waals surface area contributed by atoms with Crippen molar-refractivity contribution in [1.82, 2.24) is 0 Å². The zero-order valence-electron chi connectivity index (χ0n) is 24.1. The van der Waals surface area contributed by atoms with Gasteiger partial charge in [0.15, 0.2) is 0 Å². The average molecular weight is 610 g/mol. The first-order chi connectivity index (χ1) is 21.2. The van der Waals surface area contributed by atoms with E-state index in [1.165, 1.54) is 57.4 Å². The molecule has 7 rings (SSSR count). The second kappa shape index (κ2) is 15.2. The summed E-state index contributed by atoms with van der Waals surface area (Å²) in [4.78, 5) is 10.3. The molecule has 2 saturated carbocycles. The van der Waals surface area contributed by atoms with Gasteiger partial charge in [-0.3, -0.25) is 4.79 Å². The van der Waals surface area contributed by atoms with E-state index >= 15 is 0 Å². The van der Waals surface area contributed by atoms with Crippen LogP contribution in [-0.2, 0) is 21.9 Å². The smallest absolute Gasteiger partial charge is 0.225 e. The van der Waals surface area contributed by atoms with Gasteiger partial charge in [0.05, 0.1) is 5.92 Å². The minimum atomic E-state index is -0.366. The molecule has 0 aliphatic heterocycles. The average Bonchev–Trinajstić information content (AvgIpc) is 3.75. The molecule has 44 heavy (non-hydrogen) atoms. The van der Waals surface area contributed by atoms with E-state index in [4.69, 9.17) is 5.73 Å². The van der Waals surface area contributed by atoms with Gasteiger partial charge >= 0.3 is 0 Å². The van der Waals surface area contributed by atoms with Crippen LogP contribution in [0.1, 0.15) is 27.8 Å². The molecule has 0 unspecified atom stereocenters. The predicted molar refractivity (Wildman–Crippen MR) is 174 cm³/mol. The van der Waals surface area contributed by atoms with Crippen LogP contribution in [-0.4, -0.2) is 5.91 Å². The minimum Gasteiger partial charge on any atom is -0.369 e. The van der Waals surface area contributed by atoms with Gasteiger partial charge in [0.1, 0.15) is 0 Å². The van der Waals surface area contributed by atoms with Crippen molar-refractivity contribution in [2.75, 3.05) is 0 Å². The fraction of sp³-hybridized carbons (Fsp3) is 0. The number of rotatable bonds is 6. The summed E-state index contributed by atoms with van der Waals surface area (Å²) in [6, 6.07) is 54.1. The molecule has 0 atom stereocenters. The molecule has 2 fully saturated rings. The molecule has 5 aromatic carbocycles. The fourth-order valence-electron chi connectivity index (χ4n) is 5.63. The largest absolute Gasteiger partial charge is 0.369 e. The maximum atomic E-state index is 10.3. The topological polar surface area (TPSA) is 43.1 Å². The Morgan fingerprint density at radius 2 is 0.568 bits per heavy atom. The molecule has 2 aliphatic carbocycles. The number of hydrogen-bond acceptors (Lipinski definition) is 1. The summed E-state index contributed by atoms with van der Waals surface area (Å²) in [5.74, 6) is 6.60. The van der Waals surface area contributed by atoms with Crippen LogP contribution in [0.2, 0.25) is 0 Å². The third-order valence-electron chi connectivity index (χ3n) is 7.51. The van der Waals surface area contributed by atoms with Crippen molar-refractivity contribution in [3.05, 3.63) is 241 Å². The summed E-state index contributed by atoms with van der Waals surface area (Å²) in [5, 5.41) is 0. The van der Waals surface area contributed by atoms with Crippen LogP contribution in [0.3, 0.4) is 0 Å². The summed E-state index contributed by atoms with van der Waals surface area (Å²) in [6.07, 6.45) is 6.92. The minimum absolute atomic E-state index is 0. The Labute approximate surface area is 273 Å². The Kier molecular flexibility index (Phi) is 10.9. The zero-order valence-corrected chi connectivity index (χ0v) is 25.2. The van der Waals surface area contributed by atoms with Crippen molar-refractivity contribution < 1.29 is 21.9 Å². The monoisotopic (exact) mass is 609 g/mol. The number of hydrogen-bond donors (Lipinski definition) is 1. The Morgan fingerprint density at radius 3 is 0.727 bits per heavy atom. The molecule has 0 saturated heterocycles. The van der Waals surface area contributed by atoms with Crippen molar-refractivity contribution in [3.63, 3.8) is 0 Å². The first-order valence-electron chi connectivity index (χ1n) is 14.4. The first kappa shape index (κ1) is 31.5. The Bertz CT molecular complexity index is 1290. The van der Waals surface area contributed by atoms with E-state index in [1.807, 2.05) is 0 Å². The molecule has 0 spiro atoms. The molecule has 1 amide bonds. The molecule has 214 valence electrons. The molecule has 0 bridgehead atoms. The quantitative estimate of drug-likeness (QED) is 0.195. The van der Waals surface area contributed by atoms with Crippen LogP contribution in [0, 0.1) is 61.2 Å². The van der Waals surface area contributed by atoms with E-state index < -0.39 is 0 Å². The second-order valence-electron chi connectivity index (χ2n) is 10.2. The van der Waals surface area contributed by atoms with Crippen LogP contribution in [0.15, 0.2) is 152 Å². The molecule has 0 aromatic heterocycles. The molecule has 10 radical (unpaired) electrons. The van der Waals surface area contributed by atoms with Gasteiger partial charge in [-0.25, -0.2) is 0 Å². The number of carbonyl (C=O) groups is 1. The maximum absolute atomic E-state index is 10.3. The molecule has 0 heterocycles. The van der Waals surface area contributed by atoms with Gasteiger partial charge in [-0.15, -0.1) is 0 Å². The van der Waals surface area contributed by atoms with E-state index in [0.29, 0.717) is 5.92 Å². The molecule has 3 heteroatoms. The maximum Gasteiger partial charge on any atom is 0.225 e. The second-order valence-corrected chi connectivity index (χ2v) is 10.2. The van der Waals surface area contributed by atoms with Gasteiger partial charge in [-0.2, -0.15) is 0 Å². The van der Waals surface area contributed by atoms with Gasteiger partial charge in [0.2, 0.25) is 5.91 Å². The van der Waals surface area contributed by atoms with Gasteiger partial charge in [-0.1, -0.05) is 152 Å². The van der Waals surface area contributed by atoms with Crippen LogP contribution in [0.25, 0.3) is 0 Å². The molecule has 5 aromatic rings. The Balaban J connectivity index is 0.000000373. The molecule has 2 N–H and O–H groups in total. The Morgan fingerprint density at radius 1 is 0.364 bits per heavy atom. The number of nitrogens with two attached hydrogens (primary N) is 1. The van der Waals surface area contributed by atoms with Crippen molar-refractivity contribution in [2.24, 2.45) is 5.73 Å². The summed E-state index contributed by atoms with van der Waals surface area (Å²) in [5.41, 5.74) is 11.1. The van der Waals surface area contributed by atoms with Gasteiger partial charge < -0.3 is 5.73 Å². The summed E-state index contributed by atoms with van der Waals surface area (Å²) in [6.45, 7) is 0. The third-order valence-corrected chi connectivity index (χ3v) is 7.51. The summed E-state index contributed by atoms with van der Waals surface area (Å²) >= 11 is 0. The van der Waals surface area contributed by atoms with Crippen molar-refractivity contribution in [3.8, 4) is 0 Å². The van der Waals surface area contributed by atoms with Gasteiger partial charge in [-0.05, 0) is 53.5 Å². The van der Waals surface area contributed by atoms with E-state index in [0.717, 1.165) is 0 Å². The molecular formula is C41H31FeNO.